The van der Waals surface area contributed by atoms with Crippen LogP contribution < -0.4 is 10.6 Å². The first-order chi connectivity index (χ1) is 13.4. The average molecular weight is 386 g/mol. The largest absolute Gasteiger partial charge is 0.341 e. The fourth-order valence-electron chi connectivity index (χ4n) is 4.42. The molecule has 0 aromatic heterocycles. The fraction of sp³-hybridized carbons (Fsp3) is 0.652. The second-order valence-electron chi connectivity index (χ2n) is 8.83. The van der Waals surface area contributed by atoms with Crippen molar-refractivity contribution < 1.29 is 9.59 Å². The Balaban J connectivity index is 1.53. The summed E-state index contributed by atoms with van der Waals surface area (Å²) in [5.74, 6) is 0.636. The van der Waals surface area contributed by atoms with Gasteiger partial charge in [-0.2, -0.15) is 0 Å². The van der Waals surface area contributed by atoms with Crippen LogP contribution in [0.4, 0.5) is 4.79 Å². The van der Waals surface area contributed by atoms with Crippen molar-refractivity contribution >= 4 is 11.9 Å². The van der Waals surface area contributed by atoms with Gasteiger partial charge in [0.05, 0.1) is 0 Å². The van der Waals surface area contributed by atoms with Crippen molar-refractivity contribution in [3.8, 4) is 0 Å². The lowest BCUT2D eigenvalue weighted by molar-refractivity contribution is -0.135. The van der Waals surface area contributed by atoms with Crippen molar-refractivity contribution in [3.05, 3.63) is 35.4 Å². The Labute approximate surface area is 169 Å². The lowest BCUT2D eigenvalue weighted by atomic mass is 9.88. The van der Waals surface area contributed by atoms with E-state index in [9.17, 15) is 9.59 Å². The SMILES string of the molecule is Cc1ccc(C2CCN(C(=O)[C@H](NC(=O)NC3CCCC3)C(C)C)CC2)cc1. The summed E-state index contributed by atoms with van der Waals surface area (Å²) in [5.41, 5.74) is 2.64. The molecule has 5 nitrogen and oxygen atoms in total. The first-order valence-electron chi connectivity index (χ1n) is 10.9. The maximum Gasteiger partial charge on any atom is 0.315 e. The molecule has 0 spiro atoms. The highest BCUT2D eigenvalue weighted by Crippen LogP contribution is 2.28. The number of carbonyl (C=O) groups is 2. The van der Waals surface area contributed by atoms with E-state index in [1.807, 2.05) is 18.7 Å². The topological polar surface area (TPSA) is 61.4 Å². The Kier molecular flexibility index (Phi) is 6.97. The van der Waals surface area contributed by atoms with E-state index in [1.165, 1.54) is 24.0 Å². The van der Waals surface area contributed by atoms with Crippen LogP contribution in [0.1, 0.15) is 69.4 Å². The van der Waals surface area contributed by atoms with Crippen molar-refractivity contribution in [3.63, 3.8) is 0 Å². The lowest BCUT2D eigenvalue weighted by Crippen LogP contribution is -2.55. The van der Waals surface area contributed by atoms with Crippen LogP contribution in [-0.4, -0.2) is 42.0 Å². The van der Waals surface area contributed by atoms with Crippen molar-refractivity contribution in [2.24, 2.45) is 5.92 Å². The smallest absolute Gasteiger partial charge is 0.315 e. The highest BCUT2D eigenvalue weighted by molar-refractivity contribution is 5.87. The maximum absolute atomic E-state index is 13.1. The van der Waals surface area contributed by atoms with Gasteiger partial charge in [-0.3, -0.25) is 4.79 Å². The maximum atomic E-state index is 13.1. The summed E-state index contributed by atoms with van der Waals surface area (Å²) < 4.78 is 0. The molecule has 3 rings (SSSR count). The molecule has 2 aliphatic rings. The number of aryl methyl sites for hydroxylation is 1. The molecule has 154 valence electrons. The summed E-state index contributed by atoms with van der Waals surface area (Å²) in [5, 5.41) is 5.98. The molecule has 3 amide bonds. The molecule has 0 bridgehead atoms. The van der Waals surface area contributed by atoms with E-state index in [0.717, 1.165) is 38.8 Å². The number of amides is 3. The van der Waals surface area contributed by atoms with E-state index in [-0.39, 0.29) is 23.9 Å². The Morgan fingerprint density at radius 3 is 2.18 bits per heavy atom. The number of piperidine rings is 1. The molecular weight excluding hydrogens is 350 g/mol. The molecular formula is C23H35N3O2. The van der Waals surface area contributed by atoms with Gasteiger partial charge < -0.3 is 15.5 Å². The van der Waals surface area contributed by atoms with Crippen LogP contribution in [-0.2, 0) is 4.79 Å². The zero-order chi connectivity index (χ0) is 20.1. The number of urea groups is 1. The second kappa shape index (κ2) is 9.44. The summed E-state index contributed by atoms with van der Waals surface area (Å²) in [6, 6.07) is 8.34. The van der Waals surface area contributed by atoms with Gasteiger partial charge in [0.15, 0.2) is 0 Å². The molecule has 1 atom stereocenters. The molecule has 1 aromatic rings. The molecule has 5 heteroatoms. The van der Waals surface area contributed by atoms with Crippen LogP contribution in [0.15, 0.2) is 24.3 Å². The lowest BCUT2D eigenvalue weighted by Gasteiger charge is -2.35. The first-order valence-corrected chi connectivity index (χ1v) is 10.9. The van der Waals surface area contributed by atoms with Crippen LogP contribution >= 0.6 is 0 Å². The molecule has 0 radical (unpaired) electrons. The number of likely N-dealkylation sites (tertiary alicyclic amines) is 1. The van der Waals surface area contributed by atoms with Gasteiger partial charge in [-0.25, -0.2) is 4.79 Å². The quantitative estimate of drug-likeness (QED) is 0.806. The molecule has 1 aromatic carbocycles. The van der Waals surface area contributed by atoms with E-state index in [4.69, 9.17) is 0 Å². The third-order valence-corrected chi connectivity index (χ3v) is 6.27. The molecule has 2 N–H and O–H groups in total. The molecule has 1 aliphatic carbocycles. The van der Waals surface area contributed by atoms with Gasteiger partial charge in [-0.1, -0.05) is 56.5 Å². The number of benzene rings is 1. The summed E-state index contributed by atoms with van der Waals surface area (Å²) in [7, 11) is 0. The minimum absolute atomic E-state index is 0.0546. The normalized spacial score (nSPS) is 19.6. The zero-order valence-electron chi connectivity index (χ0n) is 17.5. The average Bonchev–Trinajstić information content (AvgIpc) is 3.19. The number of nitrogens with one attached hydrogen (secondary N) is 2. The molecule has 1 aliphatic heterocycles. The van der Waals surface area contributed by atoms with E-state index in [2.05, 4.69) is 41.8 Å². The van der Waals surface area contributed by atoms with Crippen molar-refractivity contribution in [1.82, 2.24) is 15.5 Å². The molecule has 1 heterocycles. The minimum atomic E-state index is -0.461. The summed E-state index contributed by atoms with van der Waals surface area (Å²) in [4.78, 5) is 27.4. The standard InChI is InChI=1S/C23H35N3O2/c1-16(2)21(25-23(28)24-20-6-4-5-7-20)22(27)26-14-12-19(13-15-26)18-10-8-17(3)9-11-18/h8-11,16,19-21H,4-7,12-15H2,1-3H3,(H2,24,25,28)/t21-/m1/s1. The van der Waals surface area contributed by atoms with Crippen molar-refractivity contribution in [2.75, 3.05) is 13.1 Å². The zero-order valence-corrected chi connectivity index (χ0v) is 17.5. The van der Waals surface area contributed by atoms with E-state index in [0.29, 0.717) is 5.92 Å². The molecule has 0 unspecified atom stereocenters. The van der Waals surface area contributed by atoms with Crippen LogP contribution in [0, 0.1) is 12.8 Å². The van der Waals surface area contributed by atoms with Gasteiger partial charge in [-0.15, -0.1) is 0 Å². The van der Waals surface area contributed by atoms with Gasteiger partial charge in [0.2, 0.25) is 5.91 Å². The molecule has 28 heavy (non-hydrogen) atoms. The highest BCUT2D eigenvalue weighted by atomic mass is 16.2. The van der Waals surface area contributed by atoms with E-state index in [1.54, 1.807) is 0 Å². The predicted molar refractivity (Wildman–Crippen MR) is 112 cm³/mol. The van der Waals surface area contributed by atoms with Gasteiger partial charge in [-0.05, 0) is 50.0 Å². The Hall–Kier alpha value is -2.04. The summed E-state index contributed by atoms with van der Waals surface area (Å²) >= 11 is 0. The van der Waals surface area contributed by atoms with Crippen LogP contribution in [0.25, 0.3) is 0 Å². The third-order valence-electron chi connectivity index (χ3n) is 6.27. The molecule has 1 saturated carbocycles. The summed E-state index contributed by atoms with van der Waals surface area (Å²) in [6.45, 7) is 7.61. The fourth-order valence-corrected chi connectivity index (χ4v) is 4.42. The predicted octanol–water partition coefficient (Wildman–Crippen LogP) is 3.97. The molecule has 1 saturated heterocycles. The number of hydrogen-bond acceptors (Lipinski definition) is 2. The van der Waals surface area contributed by atoms with Crippen LogP contribution in [0.5, 0.6) is 0 Å². The van der Waals surface area contributed by atoms with Crippen molar-refractivity contribution in [2.45, 2.75) is 77.3 Å². The number of carbonyl (C=O) groups excluding carboxylic acids is 2. The number of hydrogen-bond donors (Lipinski definition) is 2. The third kappa shape index (κ3) is 5.27. The number of nitrogens with zero attached hydrogens (tertiary/aromatic N) is 1. The Morgan fingerprint density at radius 1 is 1.00 bits per heavy atom. The number of rotatable bonds is 5. The second-order valence-corrected chi connectivity index (χ2v) is 8.83. The summed E-state index contributed by atoms with van der Waals surface area (Å²) in [6.07, 6.45) is 6.39. The van der Waals surface area contributed by atoms with Gasteiger partial charge >= 0.3 is 6.03 Å². The highest BCUT2D eigenvalue weighted by Gasteiger charge is 2.32. The van der Waals surface area contributed by atoms with Gasteiger partial charge in [0.1, 0.15) is 6.04 Å². The van der Waals surface area contributed by atoms with Gasteiger partial charge in [0, 0.05) is 19.1 Å². The van der Waals surface area contributed by atoms with E-state index >= 15 is 0 Å². The molecule has 2 fully saturated rings. The Morgan fingerprint density at radius 2 is 1.61 bits per heavy atom. The minimum Gasteiger partial charge on any atom is -0.341 e. The van der Waals surface area contributed by atoms with Gasteiger partial charge in [0.25, 0.3) is 0 Å². The van der Waals surface area contributed by atoms with Crippen LogP contribution in [0.2, 0.25) is 0 Å². The van der Waals surface area contributed by atoms with Crippen molar-refractivity contribution in [1.29, 1.82) is 0 Å². The first kappa shape index (κ1) is 20.7. The van der Waals surface area contributed by atoms with Crippen LogP contribution in [0.3, 0.4) is 0 Å². The monoisotopic (exact) mass is 385 g/mol. The van der Waals surface area contributed by atoms with E-state index < -0.39 is 6.04 Å². The Bertz CT molecular complexity index is 657.